The molecule has 0 aliphatic carbocycles. The number of hydrogen-bond acceptors (Lipinski definition) is 9. The summed E-state index contributed by atoms with van der Waals surface area (Å²) in [4.78, 5) is 20.8. The predicted molar refractivity (Wildman–Crippen MR) is 110 cm³/mol. The van der Waals surface area contributed by atoms with Gasteiger partial charge in [0.05, 0.1) is 0 Å². The fourth-order valence-corrected chi connectivity index (χ4v) is 2.45. The van der Waals surface area contributed by atoms with E-state index in [1.165, 1.54) is 12.8 Å². The number of ketones is 1. The predicted octanol–water partition coefficient (Wildman–Crippen LogP) is 1.85. The van der Waals surface area contributed by atoms with Gasteiger partial charge in [-0.05, 0) is 18.9 Å². The Balaban J connectivity index is 0.000000397. The van der Waals surface area contributed by atoms with Crippen molar-refractivity contribution in [3.63, 3.8) is 0 Å². The second kappa shape index (κ2) is 13.4. The standard InChI is InChI=1S/C7H8O3S.C7H14O.C3H6N6/c8-11(9,10)6-7-4-2-1-3-5-7;1-3-4-5-6-7(2)8;4-1-7-2(5)9-3(6)8-1/h1-5H,6H2,(H,8,9,10);3-6H2,1-2H3;(H6,4,5,6,7,8,9). The summed E-state index contributed by atoms with van der Waals surface area (Å²) in [5.41, 5.74) is 16.0. The van der Waals surface area contributed by atoms with Crippen molar-refractivity contribution in [3.8, 4) is 0 Å². The van der Waals surface area contributed by atoms with Crippen molar-refractivity contribution >= 4 is 33.7 Å². The van der Waals surface area contributed by atoms with Crippen molar-refractivity contribution in [1.29, 1.82) is 0 Å². The Labute approximate surface area is 165 Å². The van der Waals surface area contributed by atoms with Crippen LogP contribution in [0.4, 0.5) is 17.8 Å². The van der Waals surface area contributed by atoms with Gasteiger partial charge in [0, 0.05) is 6.42 Å². The summed E-state index contributed by atoms with van der Waals surface area (Å²) in [7, 11) is -3.88. The first-order valence-electron chi connectivity index (χ1n) is 8.54. The normalized spacial score (nSPS) is 10.1. The third-order valence-electron chi connectivity index (χ3n) is 3.01. The lowest BCUT2D eigenvalue weighted by atomic mass is 10.2. The third kappa shape index (κ3) is 15.5. The molecule has 10 nitrogen and oxygen atoms in total. The van der Waals surface area contributed by atoms with Crippen molar-refractivity contribution in [3.05, 3.63) is 35.9 Å². The number of nitrogens with zero attached hydrogens (tertiary/aromatic N) is 3. The van der Waals surface area contributed by atoms with E-state index >= 15 is 0 Å². The van der Waals surface area contributed by atoms with E-state index in [1.807, 2.05) is 0 Å². The molecule has 2 aromatic rings. The van der Waals surface area contributed by atoms with Gasteiger partial charge in [-0.25, -0.2) is 0 Å². The largest absolute Gasteiger partial charge is 0.368 e. The van der Waals surface area contributed by atoms with Crippen LogP contribution in [0.25, 0.3) is 0 Å². The minimum absolute atomic E-state index is 0.0417. The molecule has 0 saturated heterocycles. The first kappa shape index (κ1) is 25.2. The number of hydrogen-bond donors (Lipinski definition) is 4. The highest BCUT2D eigenvalue weighted by atomic mass is 32.2. The van der Waals surface area contributed by atoms with Crippen molar-refractivity contribution in [2.24, 2.45) is 0 Å². The molecule has 11 heteroatoms. The average Bonchev–Trinajstić information content (AvgIpc) is 2.54. The summed E-state index contributed by atoms with van der Waals surface area (Å²) in [6, 6.07) is 8.52. The van der Waals surface area contributed by atoms with Gasteiger partial charge in [-0.2, -0.15) is 23.4 Å². The van der Waals surface area contributed by atoms with Crippen LogP contribution in [0.3, 0.4) is 0 Å². The number of aromatic nitrogens is 3. The molecule has 1 aromatic heterocycles. The molecule has 0 bridgehead atoms. The van der Waals surface area contributed by atoms with Gasteiger partial charge in [-0.3, -0.25) is 4.55 Å². The van der Waals surface area contributed by atoms with Gasteiger partial charge in [0.15, 0.2) is 0 Å². The maximum Gasteiger partial charge on any atom is 0.269 e. The molecule has 28 heavy (non-hydrogen) atoms. The van der Waals surface area contributed by atoms with Crippen LogP contribution in [0.5, 0.6) is 0 Å². The Bertz CT molecular complexity index is 765. The van der Waals surface area contributed by atoms with Crippen LogP contribution in [0.1, 0.15) is 45.1 Å². The topological polar surface area (TPSA) is 188 Å². The van der Waals surface area contributed by atoms with E-state index in [0.717, 1.165) is 12.8 Å². The molecule has 0 unspecified atom stereocenters. The number of nitrogen functional groups attached to an aromatic ring is 3. The molecule has 0 saturated carbocycles. The van der Waals surface area contributed by atoms with Gasteiger partial charge in [-0.15, -0.1) is 0 Å². The van der Waals surface area contributed by atoms with Crippen molar-refractivity contribution in [2.75, 3.05) is 17.2 Å². The van der Waals surface area contributed by atoms with Gasteiger partial charge in [0.1, 0.15) is 11.5 Å². The number of rotatable bonds is 6. The Morgan fingerprint density at radius 3 is 1.79 bits per heavy atom. The SMILES string of the molecule is CCCCCC(C)=O.Nc1nc(N)nc(N)n1.O=S(=O)(O)Cc1ccccc1. The Kier molecular flexibility index (Phi) is 12.1. The van der Waals surface area contributed by atoms with Gasteiger partial charge >= 0.3 is 0 Å². The summed E-state index contributed by atoms with van der Waals surface area (Å²) >= 11 is 0. The Hall–Kier alpha value is -2.79. The van der Waals surface area contributed by atoms with E-state index in [9.17, 15) is 13.2 Å². The molecule has 1 heterocycles. The average molecular weight is 413 g/mol. The maximum atomic E-state index is 10.4. The number of anilines is 3. The summed E-state index contributed by atoms with van der Waals surface area (Å²) in [5.74, 6) is 0.131. The number of Topliss-reactive ketones (excluding diaryl/α,β-unsaturated/α-hetero) is 1. The highest BCUT2D eigenvalue weighted by Gasteiger charge is 2.04. The number of benzene rings is 1. The quantitative estimate of drug-likeness (QED) is 0.402. The molecule has 7 N–H and O–H groups in total. The van der Waals surface area contributed by atoms with Crippen LogP contribution in [-0.2, 0) is 20.7 Å². The van der Waals surface area contributed by atoms with Crippen molar-refractivity contribution in [2.45, 2.75) is 45.3 Å². The number of carbonyl (C=O) groups is 1. The highest BCUT2D eigenvalue weighted by molar-refractivity contribution is 7.85. The molecule has 1 aromatic carbocycles. The number of carbonyl (C=O) groups excluding carboxylic acids is 1. The van der Waals surface area contributed by atoms with E-state index in [1.54, 1.807) is 37.3 Å². The van der Waals surface area contributed by atoms with Crippen LogP contribution < -0.4 is 17.2 Å². The number of unbranched alkanes of at least 4 members (excludes halogenated alkanes) is 2. The highest BCUT2D eigenvalue weighted by Crippen LogP contribution is 2.02. The monoisotopic (exact) mass is 412 g/mol. The molecule has 0 spiro atoms. The van der Waals surface area contributed by atoms with E-state index < -0.39 is 10.1 Å². The molecule has 0 radical (unpaired) electrons. The van der Waals surface area contributed by atoms with Crippen LogP contribution >= 0.6 is 0 Å². The molecule has 0 atom stereocenters. The van der Waals surface area contributed by atoms with E-state index in [0.29, 0.717) is 11.3 Å². The van der Waals surface area contributed by atoms with E-state index in [2.05, 4.69) is 21.9 Å². The zero-order valence-corrected chi connectivity index (χ0v) is 16.9. The van der Waals surface area contributed by atoms with Gasteiger partial charge in [-0.1, -0.05) is 50.1 Å². The van der Waals surface area contributed by atoms with Crippen LogP contribution in [-0.4, -0.2) is 33.7 Å². The lowest BCUT2D eigenvalue weighted by Gasteiger charge is -1.95. The van der Waals surface area contributed by atoms with Gasteiger partial charge in [0.25, 0.3) is 10.1 Å². The molecule has 0 aliphatic rings. The lowest BCUT2D eigenvalue weighted by Crippen LogP contribution is -2.05. The van der Waals surface area contributed by atoms with Crippen molar-refractivity contribution < 1.29 is 17.8 Å². The van der Waals surface area contributed by atoms with Gasteiger partial charge < -0.3 is 22.0 Å². The summed E-state index contributed by atoms with van der Waals surface area (Å²) in [5, 5.41) is 0. The smallest absolute Gasteiger partial charge is 0.269 e. The molecule has 156 valence electrons. The molecule has 0 aliphatic heterocycles. The maximum absolute atomic E-state index is 10.4. The molecule has 0 fully saturated rings. The molecule has 2 rings (SSSR count). The summed E-state index contributed by atoms with van der Waals surface area (Å²) in [6.45, 7) is 3.79. The fraction of sp³-hybridized carbons (Fsp3) is 0.412. The molecular weight excluding hydrogens is 384 g/mol. The third-order valence-corrected chi connectivity index (χ3v) is 3.71. The zero-order valence-electron chi connectivity index (χ0n) is 16.1. The van der Waals surface area contributed by atoms with Gasteiger partial charge in [0.2, 0.25) is 17.8 Å². The second-order valence-corrected chi connectivity index (χ2v) is 7.23. The molecular formula is C17H28N6O4S. The Morgan fingerprint density at radius 1 is 0.964 bits per heavy atom. The van der Waals surface area contributed by atoms with E-state index in [4.69, 9.17) is 21.8 Å². The lowest BCUT2D eigenvalue weighted by molar-refractivity contribution is -0.117. The van der Waals surface area contributed by atoms with E-state index in [-0.39, 0.29) is 23.6 Å². The number of nitrogens with two attached hydrogens (primary N) is 3. The second-order valence-electron chi connectivity index (χ2n) is 5.78. The molecule has 0 amide bonds. The first-order chi connectivity index (χ1) is 13.0. The zero-order chi connectivity index (χ0) is 21.6. The van der Waals surface area contributed by atoms with Crippen LogP contribution in [0, 0.1) is 0 Å². The summed E-state index contributed by atoms with van der Waals surface area (Å²) < 4.78 is 29.2. The van der Waals surface area contributed by atoms with Crippen LogP contribution in [0.15, 0.2) is 30.3 Å². The van der Waals surface area contributed by atoms with Crippen LogP contribution in [0.2, 0.25) is 0 Å². The fourth-order valence-electron chi connectivity index (χ4n) is 1.84. The minimum Gasteiger partial charge on any atom is -0.368 e. The van der Waals surface area contributed by atoms with Crippen molar-refractivity contribution in [1.82, 2.24) is 15.0 Å². The summed E-state index contributed by atoms with van der Waals surface area (Å²) in [6.07, 6.45) is 4.24. The Morgan fingerprint density at radius 2 is 1.43 bits per heavy atom. The first-order valence-corrected chi connectivity index (χ1v) is 10.2. The minimum atomic E-state index is -3.88.